The molecule has 1 N–H and O–H groups in total. The second-order valence-corrected chi connectivity index (χ2v) is 7.81. The first-order valence-corrected chi connectivity index (χ1v) is 9.30. The van der Waals surface area contributed by atoms with Gasteiger partial charge in [0.1, 0.15) is 10.7 Å². The van der Waals surface area contributed by atoms with Crippen molar-refractivity contribution in [3.05, 3.63) is 47.8 Å². The van der Waals surface area contributed by atoms with Crippen molar-refractivity contribution in [1.29, 1.82) is 0 Å². The number of aliphatic hydroxyl groups is 1. The maximum atomic E-state index is 12.8. The van der Waals surface area contributed by atoms with E-state index in [0.717, 1.165) is 18.5 Å². The summed E-state index contributed by atoms with van der Waals surface area (Å²) in [5.74, 6) is 0.573. The van der Waals surface area contributed by atoms with E-state index in [1.165, 1.54) is 10.5 Å². The molecule has 0 saturated carbocycles. The van der Waals surface area contributed by atoms with E-state index in [2.05, 4.69) is 15.0 Å². The summed E-state index contributed by atoms with van der Waals surface area (Å²) in [5.41, 5.74) is 1.40. The zero-order chi connectivity index (χ0) is 17.2. The molecule has 0 aliphatic carbocycles. The van der Waals surface area contributed by atoms with Gasteiger partial charge in [0.15, 0.2) is 0 Å². The summed E-state index contributed by atoms with van der Waals surface area (Å²) in [4.78, 5) is 12.7. The molecular weight excluding hydrogens is 328 g/mol. The van der Waals surface area contributed by atoms with Crippen molar-refractivity contribution in [3.8, 4) is 0 Å². The molecule has 2 aromatic heterocycles. The lowest BCUT2D eigenvalue weighted by molar-refractivity contribution is 0.272. The fraction of sp³-hybridized carbons (Fsp3) is 0.438. The molecule has 1 atom stereocenters. The lowest BCUT2D eigenvalue weighted by atomic mass is 9.93. The lowest BCUT2D eigenvalue weighted by Crippen LogP contribution is -2.39. The van der Waals surface area contributed by atoms with Gasteiger partial charge in [-0.15, -0.1) is 0 Å². The summed E-state index contributed by atoms with van der Waals surface area (Å²) in [6.45, 7) is 2.46. The van der Waals surface area contributed by atoms with Crippen molar-refractivity contribution in [3.63, 3.8) is 0 Å². The summed E-state index contributed by atoms with van der Waals surface area (Å²) in [5, 5.41) is 9.52. The molecule has 0 bridgehead atoms. The normalized spacial score (nSPS) is 19.3. The van der Waals surface area contributed by atoms with Gasteiger partial charge >= 0.3 is 0 Å². The molecule has 24 heavy (non-hydrogen) atoms. The largest absolute Gasteiger partial charge is 0.392 e. The fourth-order valence-corrected chi connectivity index (χ4v) is 4.51. The first kappa shape index (κ1) is 16.9. The second kappa shape index (κ2) is 6.92. The number of piperidine rings is 1. The molecule has 1 unspecified atom stereocenters. The predicted molar refractivity (Wildman–Crippen MR) is 87.7 cm³/mol. The second-order valence-electron chi connectivity index (χ2n) is 5.88. The highest BCUT2D eigenvalue weighted by molar-refractivity contribution is 7.89. The average molecular weight is 348 g/mol. The van der Waals surface area contributed by atoms with Gasteiger partial charge in [0.25, 0.3) is 0 Å². The summed E-state index contributed by atoms with van der Waals surface area (Å²) in [6.07, 6.45) is 6.12. The first-order chi connectivity index (χ1) is 11.5. The van der Waals surface area contributed by atoms with Crippen molar-refractivity contribution < 1.29 is 13.5 Å². The zero-order valence-corrected chi connectivity index (χ0v) is 14.3. The number of pyridine rings is 1. The van der Waals surface area contributed by atoms with Crippen molar-refractivity contribution in [2.75, 3.05) is 13.1 Å². The van der Waals surface area contributed by atoms with Crippen LogP contribution < -0.4 is 0 Å². The van der Waals surface area contributed by atoms with Crippen molar-refractivity contribution in [2.45, 2.75) is 37.2 Å². The lowest BCUT2D eigenvalue weighted by Gasteiger charge is -2.32. The molecule has 7 nitrogen and oxygen atoms in total. The van der Waals surface area contributed by atoms with Gasteiger partial charge < -0.3 is 5.11 Å². The van der Waals surface area contributed by atoms with Crippen LogP contribution in [0.1, 0.15) is 35.8 Å². The highest BCUT2D eigenvalue weighted by Crippen LogP contribution is 2.30. The Morgan fingerprint density at radius 3 is 2.92 bits per heavy atom. The van der Waals surface area contributed by atoms with Gasteiger partial charge in [-0.3, -0.25) is 4.98 Å². The minimum Gasteiger partial charge on any atom is -0.392 e. The van der Waals surface area contributed by atoms with Crippen LogP contribution in [0.15, 0.2) is 35.6 Å². The number of aryl methyl sites for hydroxylation is 1. The van der Waals surface area contributed by atoms with Crippen LogP contribution in [0.5, 0.6) is 0 Å². The summed E-state index contributed by atoms with van der Waals surface area (Å²) in [7, 11) is -3.57. The molecule has 3 heterocycles. The Morgan fingerprint density at radius 2 is 2.21 bits per heavy atom. The van der Waals surface area contributed by atoms with Crippen molar-refractivity contribution in [1.82, 2.24) is 19.3 Å². The van der Waals surface area contributed by atoms with Crippen molar-refractivity contribution in [2.24, 2.45) is 0 Å². The molecule has 8 heteroatoms. The molecule has 1 aliphatic heterocycles. The molecule has 1 aliphatic rings. The van der Waals surface area contributed by atoms with Crippen LogP contribution in [0.2, 0.25) is 0 Å². The fourth-order valence-electron chi connectivity index (χ4n) is 3.02. The quantitative estimate of drug-likeness (QED) is 0.893. The number of nitrogens with zero attached hydrogens (tertiary/aromatic N) is 4. The Hall–Kier alpha value is -1.90. The van der Waals surface area contributed by atoms with Crippen LogP contribution in [0.3, 0.4) is 0 Å². The first-order valence-electron chi connectivity index (χ1n) is 7.86. The maximum absolute atomic E-state index is 12.8. The maximum Gasteiger partial charge on any atom is 0.244 e. The van der Waals surface area contributed by atoms with Crippen LogP contribution in [0, 0.1) is 6.92 Å². The number of aliphatic hydroxyl groups excluding tert-OH is 1. The molecule has 0 aromatic carbocycles. The minimum absolute atomic E-state index is 0.0472. The molecule has 128 valence electrons. The molecule has 1 saturated heterocycles. The Labute approximate surface area is 141 Å². The van der Waals surface area contributed by atoms with Crippen LogP contribution in [-0.4, -0.2) is 45.9 Å². The molecule has 1 fully saturated rings. The number of rotatable bonds is 4. The number of aromatic nitrogens is 3. The summed E-state index contributed by atoms with van der Waals surface area (Å²) < 4.78 is 27.1. The summed E-state index contributed by atoms with van der Waals surface area (Å²) in [6, 6.07) is 3.17. The third-order valence-corrected chi connectivity index (χ3v) is 6.08. The molecule has 0 spiro atoms. The molecule has 3 rings (SSSR count). The topological polar surface area (TPSA) is 96.3 Å². The van der Waals surface area contributed by atoms with Crippen molar-refractivity contribution >= 4 is 10.0 Å². The smallest absolute Gasteiger partial charge is 0.244 e. The van der Waals surface area contributed by atoms with E-state index >= 15 is 0 Å². The standard InChI is InChI=1S/C16H20N4O3S/c1-12-18-8-14(11-21)16(19-12)13-4-3-7-20(10-13)24(22,23)15-5-2-6-17-9-15/h2,5-6,8-9,13,21H,3-4,7,10-11H2,1H3. The Kier molecular flexibility index (Phi) is 4.88. The van der Waals surface area contributed by atoms with Gasteiger partial charge in [-0.25, -0.2) is 18.4 Å². The Balaban J connectivity index is 1.89. The van der Waals surface area contributed by atoms with E-state index in [-0.39, 0.29) is 17.4 Å². The molecular formula is C16H20N4O3S. The van der Waals surface area contributed by atoms with E-state index in [4.69, 9.17) is 0 Å². The van der Waals surface area contributed by atoms with Gasteiger partial charge in [0.05, 0.1) is 12.3 Å². The van der Waals surface area contributed by atoms with Crippen LogP contribution >= 0.6 is 0 Å². The third kappa shape index (κ3) is 3.31. The van der Waals surface area contributed by atoms with Crippen LogP contribution in [-0.2, 0) is 16.6 Å². The van der Waals surface area contributed by atoms with Crippen LogP contribution in [0.4, 0.5) is 0 Å². The van der Waals surface area contributed by atoms with Gasteiger partial charge in [-0.1, -0.05) is 0 Å². The van der Waals surface area contributed by atoms with E-state index < -0.39 is 10.0 Å². The van der Waals surface area contributed by atoms with Gasteiger partial charge in [-0.05, 0) is 31.9 Å². The molecule has 0 radical (unpaired) electrons. The van der Waals surface area contributed by atoms with E-state index in [1.807, 2.05) is 0 Å². The predicted octanol–water partition coefficient (Wildman–Crippen LogP) is 1.24. The molecule has 2 aromatic rings. The molecule has 0 amide bonds. The minimum atomic E-state index is -3.57. The SMILES string of the molecule is Cc1ncc(CO)c(C2CCCN(S(=O)(=O)c3cccnc3)C2)n1. The van der Waals surface area contributed by atoms with Gasteiger partial charge in [0.2, 0.25) is 10.0 Å². The highest BCUT2D eigenvalue weighted by Gasteiger charge is 2.32. The number of hydrogen-bond donors (Lipinski definition) is 1. The average Bonchev–Trinajstić information content (AvgIpc) is 2.62. The van der Waals surface area contributed by atoms with Crippen LogP contribution in [0.25, 0.3) is 0 Å². The summed E-state index contributed by atoms with van der Waals surface area (Å²) >= 11 is 0. The van der Waals surface area contributed by atoms with Gasteiger partial charge in [0, 0.05) is 43.2 Å². The zero-order valence-electron chi connectivity index (χ0n) is 13.5. The van der Waals surface area contributed by atoms with Gasteiger partial charge in [-0.2, -0.15) is 4.31 Å². The highest BCUT2D eigenvalue weighted by atomic mass is 32.2. The Bertz CT molecular complexity index is 811. The van der Waals surface area contributed by atoms with E-state index in [0.29, 0.717) is 24.5 Å². The third-order valence-electron chi connectivity index (χ3n) is 4.23. The number of hydrogen-bond acceptors (Lipinski definition) is 6. The van der Waals surface area contributed by atoms with E-state index in [9.17, 15) is 13.5 Å². The van der Waals surface area contributed by atoms with E-state index in [1.54, 1.807) is 31.5 Å². The number of sulfonamides is 1. The Morgan fingerprint density at radius 1 is 1.38 bits per heavy atom. The monoisotopic (exact) mass is 348 g/mol.